The van der Waals surface area contributed by atoms with E-state index in [0.29, 0.717) is 0 Å². The van der Waals surface area contributed by atoms with Crippen LogP contribution in [0.1, 0.15) is 18.9 Å². The molecule has 0 aromatic heterocycles. The van der Waals surface area contributed by atoms with Gasteiger partial charge in [0.1, 0.15) is 0 Å². The molecular formula is C13H13N. The molecule has 0 amide bonds. The number of aliphatic imine (C=N–C) groups is 1. The van der Waals surface area contributed by atoms with Gasteiger partial charge >= 0.3 is 0 Å². The molecule has 14 heavy (non-hydrogen) atoms. The molecule has 1 nitrogen and oxygen atoms in total. The zero-order valence-electron chi connectivity index (χ0n) is 8.27. The van der Waals surface area contributed by atoms with E-state index in [2.05, 4.69) is 36.2 Å². The standard InChI is InChI=1S/C13H13N/c1-11-7-8-13(14-10-9-11)12-5-3-2-4-6-12/h2-8,10H,9H2,1H3. The molecule has 1 heteroatoms. The molecule has 0 saturated heterocycles. The van der Waals surface area contributed by atoms with E-state index in [1.165, 1.54) is 11.1 Å². The highest BCUT2D eigenvalue weighted by atomic mass is 14.7. The van der Waals surface area contributed by atoms with Crippen LogP contribution in [0, 0.1) is 0 Å². The van der Waals surface area contributed by atoms with Crippen LogP contribution in [0.15, 0.2) is 53.0 Å². The zero-order chi connectivity index (χ0) is 9.80. The smallest absolute Gasteiger partial charge is 0.0698 e. The molecule has 0 fully saturated rings. The van der Waals surface area contributed by atoms with Crippen LogP contribution in [-0.4, -0.2) is 6.21 Å². The first-order chi connectivity index (χ1) is 6.86. The normalized spacial score (nSPS) is 15.8. The fraction of sp³-hybridized carbons (Fsp3) is 0.154. The minimum atomic E-state index is 0.951. The molecule has 1 aliphatic heterocycles. The third kappa shape index (κ3) is 1.99. The molecular weight excluding hydrogens is 170 g/mol. The van der Waals surface area contributed by atoms with Crippen molar-refractivity contribution >= 4 is 11.9 Å². The molecule has 0 unspecified atom stereocenters. The highest BCUT2D eigenvalue weighted by molar-refractivity contribution is 5.77. The van der Waals surface area contributed by atoms with E-state index in [1.54, 1.807) is 0 Å². The van der Waals surface area contributed by atoms with Crippen molar-refractivity contribution in [1.29, 1.82) is 0 Å². The fourth-order valence-corrected chi connectivity index (χ4v) is 1.40. The maximum atomic E-state index is 4.43. The molecule has 0 saturated carbocycles. The van der Waals surface area contributed by atoms with E-state index in [9.17, 15) is 0 Å². The Labute approximate surface area is 84.5 Å². The molecule has 1 aromatic carbocycles. The Kier molecular flexibility index (Phi) is 2.59. The summed E-state index contributed by atoms with van der Waals surface area (Å²) in [6.07, 6.45) is 7.13. The van der Waals surface area contributed by atoms with Crippen molar-refractivity contribution in [2.24, 2.45) is 4.99 Å². The SMILES string of the molecule is CC1=CC=C(c2ccccc2)N=CC1. The third-order valence-corrected chi connectivity index (χ3v) is 2.24. The quantitative estimate of drug-likeness (QED) is 0.632. The van der Waals surface area contributed by atoms with Crippen molar-refractivity contribution in [3.05, 3.63) is 53.6 Å². The van der Waals surface area contributed by atoms with E-state index in [4.69, 9.17) is 0 Å². The molecule has 0 atom stereocenters. The van der Waals surface area contributed by atoms with Gasteiger partial charge in [0.05, 0.1) is 5.70 Å². The Morgan fingerprint density at radius 3 is 2.64 bits per heavy atom. The predicted octanol–water partition coefficient (Wildman–Crippen LogP) is 3.45. The number of hydrogen-bond donors (Lipinski definition) is 0. The second kappa shape index (κ2) is 4.05. The summed E-state index contributed by atoms with van der Waals surface area (Å²) in [7, 11) is 0. The monoisotopic (exact) mass is 183 g/mol. The minimum absolute atomic E-state index is 0.951. The Hall–Kier alpha value is -1.63. The van der Waals surface area contributed by atoms with E-state index >= 15 is 0 Å². The van der Waals surface area contributed by atoms with Gasteiger partial charge in [-0.1, -0.05) is 42.0 Å². The maximum absolute atomic E-state index is 4.43. The molecule has 1 aliphatic rings. The van der Waals surface area contributed by atoms with Crippen molar-refractivity contribution in [2.75, 3.05) is 0 Å². The summed E-state index contributed by atoms with van der Waals surface area (Å²) < 4.78 is 0. The molecule has 70 valence electrons. The van der Waals surface area contributed by atoms with Crippen LogP contribution in [-0.2, 0) is 0 Å². The summed E-state index contributed by atoms with van der Waals surface area (Å²) in [6, 6.07) is 10.3. The van der Waals surface area contributed by atoms with E-state index in [1.807, 2.05) is 24.4 Å². The highest BCUT2D eigenvalue weighted by Crippen LogP contribution is 2.18. The van der Waals surface area contributed by atoms with Crippen molar-refractivity contribution in [2.45, 2.75) is 13.3 Å². The molecule has 1 aromatic rings. The Balaban J connectivity index is 2.36. The number of nitrogens with zero attached hydrogens (tertiary/aromatic N) is 1. The van der Waals surface area contributed by atoms with Gasteiger partial charge in [0.2, 0.25) is 0 Å². The van der Waals surface area contributed by atoms with Gasteiger partial charge in [0.15, 0.2) is 0 Å². The van der Waals surface area contributed by atoms with Crippen LogP contribution < -0.4 is 0 Å². The molecule has 0 spiro atoms. The summed E-state index contributed by atoms with van der Waals surface area (Å²) in [5.41, 5.74) is 3.57. The maximum Gasteiger partial charge on any atom is 0.0698 e. The lowest BCUT2D eigenvalue weighted by Gasteiger charge is -1.98. The van der Waals surface area contributed by atoms with Crippen molar-refractivity contribution in [3.63, 3.8) is 0 Å². The largest absolute Gasteiger partial charge is 0.260 e. The number of benzene rings is 1. The predicted molar refractivity (Wildman–Crippen MR) is 61.3 cm³/mol. The molecule has 0 N–H and O–H groups in total. The van der Waals surface area contributed by atoms with E-state index in [0.717, 1.165) is 12.1 Å². The first-order valence-corrected chi connectivity index (χ1v) is 4.81. The summed E-state index contributed by atoms with van der Waals surface area (Å²) in [4.78, 5) is 4.43. The van der Waals surface area contributed by atoms with Gasteiger partial charge in [-0.15, -0.1) is 0 Å². The minimum Gasteiger partial charge on any atom is -0.260 e. The van der Waals surface area contributed by atoms with Crippen LogP contribution in [0.4, 0.5) is 0 Å². The van der Waals surface area contributed by atoms with Gasteiger partial charge in [-0.2, -0.15) is 0 Å². The Morgan fingerprint density at radius 2 is 1.86 bits per heavy atom. The molecule has 0 aliphatic carbocycles. The van der Waals surface area contributed by atoms with Crippen LogP contribution in [0.25, 0.3) is 5.70 Å². The first-order valence-electron chi connectivity index (χ1n) is 4.81. The first kappa shape index (κ1) is 8.95. The molecule has 2 rings (SSSR count). The number of allylic oxidation sites excluding steroid dienone is 3. The lowest BCUT2D eigenvalue weighted by Crippen LogP contribution is -1.79. The molecule has 1 heterocycles. The van der Waals surface area contributed by atoms with Gasteiger partial charge in [-0.3, -0.25) is 4.99 Å². The van der Waals surface area contributed by atoms with Gasteiger partial charge in [-0.25, -0.2) is 0 Å². The van der Waals surface area contributed by atoms with Crippen LogP contribution in [0.2, 0.25) is 0 Å². The van der Waals surface area contributed by atoms with Gasteiger partial charge in [-0.05, 0) is 13.0 Å². The summed E-state index contributed by atoms with van der Waals surface area (Å²) >= 11 is 0. The van der Waals surface area contributed by atoms with Crippen LogP contribution in [0.3, 0.4) is 0 Å². The van der Waals surface area contributed by atoms with Gasteiger partial charge < -0.3 is 0 Å². The Bertz CT molecular complexity index is 397. The number of rotatable bonds is 1. The second-order valence-electron chi connectivity index (χ2n) is 3.45. The zero-order valence-corrected chi connectivity index (χ0v) is 8.27. The second-order valence-corrected chi connectivity index (χ2v) is 3.45. The molecule has 0 bridgehead atoms. The lowest BCUT2D eigenvalue weighted by molar-refractivity contribution is 1.29. The Morgan fingerprint density at radius 1 is 1.07 bits per heavy atom. The fourth-order valence-electron chi connectivity index (χ4n) is 1.40. The summed E-state index contributed by atoms with van der Waals surface area (Å²) in [5, 5.41) is 0. The van der Waals surface area contributed by atoms with Gasteiger partial charge in [0, 0.05) is 18.2 Å². The van der Waals surface area contributed by atoms with E-state index < -0.39 is 0 Å². The topological polar surface area (TPSA) is 12.4 Å². The van der Waals surface area contributed by atoms with Crippen molar-refractivity contribution in [3.8, 4) is 0 Å². The van der Waals surface area contributed by atoms with Crippen LogP contribution >= 0.6 is 0 Å². The number of hydrogen-bond acceptors (Lipinski definition) is 1. The van der Waals surface area contributed by atoms with Crippen LogP contribution in [0.5, 0.6) is 0 Å². The van der Waals surface area contributed by atoms with Crippen molar-refractivity contribution in [1.82, 2.24) is 0 Å². The highest BCUT2D eigenvalue weighted by Gasteiger charge is 1.99. The average Bonchev–Trinajstić information content (AvgIpc) is 2.44. The van der Waals surface area contributed by atoms with E-state index in [-0.39, 0.29) is 0 Å². The average molecular weight is 183 g/mol. The van der Waals surface area contributed by atoms with Gasteiger partial charge in [0.25, 0.3) is 0 Å². The van der Waals surface area contributed by atoms with Crippen molar-refractivity contribution < 1.29 is 0 Å². The summed E-state index contributed by atoms with van der Waals surface area (Å²) in [6.45, 7) is 2.12. The summed E-state index contributed by atoms with van der Waals surface area (Å²) in [5.74, 6) is 0. The molecule has 0 radical (unpaired) electrons. The third-order valence-electron chi connectivity index (χ3n) is 2.24. The lowest BCUT2D eigenvalue weighted by atomic mass is 10.1.